The summed E-state index contributed by atoms with van der Waals surface area (Å²) in [6, 6.07) is 0. The lowest BCUT2D eigenvalue weighted by molar-refractivity contribution is -0.232. The predicted molar refractivity (Wildman–Crippen MR) is 86.3 cm³/mol. The quantitative estimate of drug-likeness (QED) is 0.330. The molecule has 1 saturated heterocycles. The van der Waals surface area contributed by atoms with E-state index in [-0.39, 0.29) is 12.5 Å². The van der Waals surface area contributed by atoms with Gasteiger partial charge in [-0.05, 0) is 39.5 Å². The molecule has 1 fully saturated rings. The molecule has 1 N–H and O–H groups in total. The van der Waals surface area contributed by atoms with Crippen LogP contribution in [0.4, 0.5) is 0 Å². The van der Waals surface area contributed by atoms with Crippen molar-refractivity contribution in [3.8, 4) is 0 Å². The van der Waals surface area contributed by atoms with Crippen LogP contribution in [-0.4, -0.2) is 48.9 Å². The Morgan fingerprint density at radius 1 is 1.29 bits per heavy atom. The topological polar surface area (TPSA) is 91.3 Å². The number of rotatable bonds is 12. The van der Waals surface area contributed by atoms with E-state index in [4.69, 9.17) is 24.1 Å². The van der Waals surface area contributed by atoms with Gasteiger partial charge in [0.1, 0.15) is 0 Å². The molecule has 0 aromatic heterocycles. The third-order valence-electron chi connectivity index (χ3n) is 3.84. The van der Waals surface area contributed by atoms with Gasteiger partial charge in [-0.3, -0.25) is 9.59 Å². The maximum atomic E-state index is 12.3. The number of carboxylic acid groups (broad SMARTS) is 1. The zero-order valence-corrected chi connectivity index (χ0v) is 14.9. The molecule has 0 aromatic rings. The average Bonchev–Trinajstić information content (AvgIpc) is 2.99. The molecule has 4 atom stereocenters. The third-order valence-corrected chi connectivity index (χ3v) is 3.84. The minimum atomic E-state index is -1.03. The molecule has 4 unspecified atom stereocenters. The number of hydrogen-bond acceptors (Lipinski definition) is 6. The molecule has 1 heterocycles. The fourth-order valence-electron chi connectivity index (χ4n) is 2.61. The highest BCUT2D eigenvalue weighted by atomic mass is 16.8. The van der Waals surface area contributed by atoms with Crippen molar-refractivity contribution >= 4 is 11.9 Å². The zero-order chi connectivity index (χ0) is 17.9. The molecule has 7 nitrogen and oxygen atoms in total. The van der Waals surface area contributed by atoms with Crippen LogP contribution in [0.2, 0.25) is 0 Å². The number of esters is 1. The Kier molecular flexibility index (Phi) is 9.90. The summed E-state index contributed by atoms with van der Waals surface area (Å²) < 4.78 is 21.6. The Labute approximate surface area is 143 Å². The first-order valence-electron chi connectivity index (χ1n) is 8.73. The van der Waals surface area contributed by atoms with Gasteiger partial charge < -0.3 is 24.1 Å². The molecule has 24 heavy (non-hydrogen) atoms. The molecule has 0 radical (unpaired) electrons. The second-order valence-corrected chi connectivity index (χ2v) is 6.10. The Morgan fingerprint density at radius 2 is 2.04 bits per heavy atom. The zero-order valence-electron chi connectivity index (χ0n) is 14.9. The SMILES string of the molecule is CCCCOC(C)OC(C)OC(=O)C(CC(=O)O)CC1CCCO1. The largest absolute Gasteiger partial charge is 0.481 e. The van der Waals surface area contributed by atoms with Crippen molar-refractivity contribution in [3.63, 3.8) is 0 Å². The van der Waals surface area contributed by atoms with Crippen LogP contribution < -0.4 is 0 Å². The van der Waals surface area contributed by atoms with E-state index in [2.05, 4.69) is 6.92 Å². The molecule has 1 aliphatic rings. The van der Waals surface area contributed by atoms with Gasteiger partial charge in [0.2, 0.25) is 6.29 Å². The number of aliphatic carboxylic acids is 1. The standard InChI is InChI=1S/C17H30O7/c1-4-5-8-21-12(2)23-13(3)24-17(20)14(11-16(18)19)10-15-7-6-9-22-15/h12-15H,4-11H2,1-3H3,(H,18,19). The van der Waals surface area contributed by atoms with E-state index in [1.807, 2.05) is 0 Å². The van der Waals surface area contributed by atoms with E-state index in [0.29, 0.717) is 19.6 Å². The van der Waals surface area contributed by atoms with Crippen LogP contribution >= 0.6 is 0 Å². The van der Waals surface area contributed by atoms with Crippen molar-refractivity contribution in [2.45, 2.75) is 78.0 Å². The molecule has 0 amide bonds. The summed E-state index contributed by atoms with van der Waals surface area (Å²) in [5.41, 5.74) is 0. The number of unbranched alkanes of at least 4 members (excludes halogenated alkanes) is 1. The van der Waals surface area contributed by atoms with Gasteiger partial charge >= 0.3 is 11.9 Å². The normalized spacial score (nSPS) is 21.2. The number of carboxylic acids is 1. The van der Waals surface area contributed by atoms with Crippen LogP contribution in [-0.2, 0) is 28.5 Å². The molecule has 0 bridgehead atoms. The van der Waals surface area contributed by atoms with E-state index in [0.717, 1.165) is 25.7 Å². The van der Waals surface area contributed by atoms with Gasteiger partial charge in [-0.1, -0.05) is 13.3 Å². The average molecular weight is 346 g/mol. The van der Waals surface area contributed by atoms with Crippen LogP contribution in [0.15, 0.2) is 0 Å². The molecule has 140 valence electrons. The maximum absolute atomic E-state index is 12.3. The second kappa shape index (κ2) is 11.4. The minimum absolute atomic E-state index is 0.0746. The van der Waals surface area contributed by atoms with Crippen molar-refractivity contribution in [1.29, 1.82) is 0 Å². The molecule has 7 heteroatoms. The van der Waals surface area contributed by atoms with Crippen molar-refractivity contribution in [3.05, 3.63) is 0 Å². The lowest BCUT2D eigenvalue weighted by atomic mass is 9.96. The summed E-state index contributed by atoms with van der Waals surface area (Å²) in [7, 11) is 0. The maximum Gasteiger partial charge on any atom is 0.311 e. The Bertz CT molecular complexity index is 379. The lowest BCUT2D eigenvalue weighted by Crippen LogP contribution is -2.31. The van der Waals surface area contributed by atoms with Crippen LogP contribution in [0.1, 0.15) is 59.3 Å². The Hall–Kier alpha value is -1.18. The third kappa shape index (κ3) is 8.61. The van der Waals surface area contributed by atoms with Crippen LogP contribution in [0.3, 0.4) is 0 Å². The molecular formula is C17H30O7. The number of carbonyl (C=O) groups excluding carboxylic acids is 1. The Balaban J connectivity index is 2.42. The van der Waals surface area contributed by atoms with Crippen molar-refractivity contribution in [1.82, 2.24) is 0 Å². The van der Waals surface area contributed by atoms with Gasteiger partial charge in [0.25, 0.3) is 0 Å². The van der Waals surface area contributed by atoms with Gasteiger partial charge in [0.15, 0.2) is 6.29 Å². The van der Waals surface area contributed by atoms with Gasteiger partial charge in [0, 0.05) is 13.2 Å². The van der Waals surface area contributed by atoms with E-state index in [9.17, 15) is 9.59 Å². The first-order chi connectivity index (χ1) is 11.4. The van der Waals surface area contributed by atoms with Crippen molar-refractivity contribution in [2.75, 3.05) is 13.2 Å². The van der Waals surface area contributed by atoms with Gasteiger partial charge in [-0.25, -0.2) is 0 Å². The molecule has 1 aliphatic heterocycles. The van der Waals surface area contributed by atoms with E-state index in [1.165, 1.54) is 0 Å². The van der Waals surface area contributed by atoms with E-state index < -0.39 is 30.4 Å². The molecule has 0 aliphatic carbocycles. The van der Waals surface area contributed by atoms with Crippen LogP contribution in [0.5, 0.6) is 0 Å². The summed E-state index contributed by atoms with van der Waals surface area (Å²) in [5, 5.41) is 9.01. The van der Waals surface area contributed by atoms with Gasteiger partial charge in [0.05, 0.1) is 18.4 Å². The van der Waals surface area contributed by atoms with Gasteiger partial charge in [-0.2, -0.15) is 0 Å². The molecular weight excluding hydrogens is 316 g/mol. The van der Waals surface area contributed by atoms with Crippen LogP contribution in [0, 0.1) is 5.92 Å². The number of carbonyl (C=O) groups is 2. The van der Waals surface area contributed by atoms with E-state index in [1.54, 1.807) is 13.8 Å². The fourth-order valence-corrected chi connectivity index (χ4v) is 2.61. The summed E-state index contributed by atoms with van der Waals surface area (Å²) in [6.45, 7) is 6.64. The fraction of sp³-hybridized carbons (Fsp3) is 0.882. The molecule has 0 aromatic carbocycles. The van der Waals surface area contributed by atoms with E-state index >= 15 is 0 Å². The predicted octanol–water partition coefficient (Wildman–Crippen LogP) is 2.71. The van der Waals surface area contributed by atoms with Crippen LogP contribution in [0.25, 0.3) is 0 Å². The lowest BCUT2D eigenvalue weighted by Gasteiger charge is -2.23. The highest BCUT2D eigenvalue weighted by molar-refractivity contribution is 5.79. The van der Waals surface area contributed by atoms with Crippen molar-refractivity contribution < 1.29 is 33.6 Å². The van der Waals surface area contributed by atoms with Crippen molar-refractivity contribution in [2.24, 2.45) is 5.92 Å². The Morgan fingerprint density at radius 3 is 2.62 bits per heavy atom. The summed E-state index contributed by atoms with van der Waals surface area (Å²) in [4.78, 5) is 23.3. The summed E-state index contributed by atoms with van der Waals surface area (Å²) in [5.74, 6) is -2.33. The molecule has 0 spiro atoms. The molecule has 0 saturated carbocycles. The smallest absolute Gasteiger partial charge is 0.311 e. The summed E-state index contributed by atoms with van der Waals surface area (Å²) in [6.07, 6.45) is 2.47. The number of hydrogen-bond donors (Lipinski definition) is 1. The monoisotopic (exact) mass is 346 g/mol. The highest BCUT2D eigenvalue weighted by Gasteiger charge is 2.30. The first kappa shape index (κ1) is 20.9. The number of ether oxygens (including phenoxy) is 4. The second-order valence-electron chi connectivity index (χ2n) is 6.10. The molecule has 1 rings (SSSR count). The summed E-state index contributed by atoms with van der Waals surface area (Å²) >= 11 is 0. The first-order valence-corrected chi connectivity index (χ1v) is 8.73. The van der Waals surface area contributed by atoms with Gasteiger partial charge in [-0.15, -0.1) is 0 Å². The highest BCUT2D eigenvalue weighted by Crippen LogP contribution is 2.23. The minimum Gasteiger partial charge on any atom is -0.481 e.